The van der Waals surface area contributed by atoms with E-state index in [0.29, 0.717) is 0 Å². The Bertz CT molecular complexity index is 708. The van der Waals surface area contributed by atoms with E-state index in [-0.39, 0.29) is 22.3 Å². The average molecular weight is 362 g/mol. The van der Waals surface area contributed by atoms with Gasteiger partial charge >= 0.3 is 23.9 Å². The van der Waals surface area contributed by atoms with Crippen LogP contribution < -0.4 is 0 Å². The zero-order valence-corrected chi connectivity index (χ0v) is 14.7. The Labute approximate surface area is 150 Å². The summed E-state index contributed by atoms with van der Waals surface area (Å²) >= 11 is 0. The van der Waals surface area contributed by atoms with Crippen LogP contribution in [0.25, 0.3) is 11.1 Å². The van der Waals surface area contributed by atoms with Gasteiger partial charge in [0.25, 0.3) is 0 Å². The summed E-state index contributed by atoms with van der Waals surface area (Å²) in [6.07, 6.45) is 1.86. The van der Waals surface area contributed by atoms with Gasteiger partial charge in [0, 0.05) is 12.2 Å². The van der Waals surface area contributed by atoms with Gasteiger partial charge in [-0.25, -0.2) is 19.2 Å². The van der Waals surface area contributed by atoms with Crippen molar-refractivity contribution in [1.82, 2.24) is 0 Å². The summed E-state index contributed by atoms with van der Waals surface area (Å²) in [7, 11) is 4.58. The number of hydrogen-bond acceptors (Lipinski definition) is 8. The molecule has 1 aromatic carbocycles. The van der Waals surface area contributed by atoms with Gasteiger partial charge < -0.3 is 18.9 Å². The highest BCUT2D eigenvalue weighted by Gasteiger charge is 2.23. The second kappa shape index (κ2) is 9.77. The first-order valence-corrected chi connectivity index (χ1v) is 7.25. The fourth-order valence-corrected chi connectivity index (χ4v) is 2.02. The fourth-order valence-electron chi connectivity index (χ4n) is 2.02. The average Bonchev–Trinajstić information content (AvgIpc) is 2.68. The third kappa shape index (κ3) is 5.04. The molecule has 0 aliphatic rings. The Kier molecular flexibility index (Phi) is 7.75. The van der Waals surface area contributed by atoms with Crippen LogP contribution in [-0.2, 0) is 38.1 Å². The van der Waals surface area contributed by atoms with Gasteiger partial charge in [-0.3, -0.25) is 0 Å². The van der Waals surface area contributed by atoms with Crippen molar-refractivity contribution in [2.24, 2.45) is 0 Å². The molecule has 8 nitrogen and oxygen atoms in total. The number of esters is 4. The summed E-state index contributed by atoms with van der Waals surface area (Å²) in [4.78, 5) is 47.5. The van der Waals surface area contributed by atoms with Crippen LogP contribution in [0.5, 0.6) is 0 Å². The van der Waals surface area contributed by atoms with Crippen molar-refractivity contribution < 1.29 is 38.1 Å². The molecule has 0 saturated carbocycles. The van der Waals surface area contributed by atoms with Crippen molar-refractivity contribution in [3.63, 3.8) is 0 Å². The molecule has 8 heteroatoms. The fraction of sp³-hybridized carbons (Fsp3) is 0.222. The van der Waals surface area contributed by atoms with Crippen molar-refractivity contribution in [3.05, 3.63) is 47.5 Å². The lowest BCUT2D eigenvalue weighted by Gasteiger charge is -2.13. The molecule has 0 atom stereocenters. The Hall–Kier alpha value is -3.42. The number of methoxy groups -OCH3 is 4. The molecule has 0 saturated heterocycles. The zero-order chi connectivity index (χ0) is 19.7. The van der Waals surface area contributed by atoms with E-state index >= 15 is 0 Å². The highest BCUT2D eigenvalue weighted by atomic mass is 16.5. The predicted molar refractivity (Wildman–Crippen MR) is 90.5 cm³/mol. The molecule has 0 spiro atoms. The number of carbonyl (C=O) groups excluding carboxylic acids is 4. The molecule has 0 radical (unpaired) electrons. The number of carbonyl (C=O) groups is 4. The Morgan fingerprint density at radius 1 is 0.654 bits per heavy atom. The van der Waals surface area contributed by atoms with Gasteiger partial charge in [0.15, 0.2) is 0 Å². The van der Waals surface area contributed by atoms with Crippen molar-refractivity contribution in [2.75, 3.05) is 28.4 Å². The van der Waals surface area contributed by atoms with E-state index in [4.69, 9.17) is 9.47 Å². The summed E-state index contributed by atoms with van der Waals surface area (Å²) in [5.41, 5.74) is 0.0276. The lowest BCUT2D eigenvalue weighted by Crippen LogP contribution is -2.13. The molecular formula is C18H18O8. The van der Waals surface area contributed by atoms with E-state index in [2.05, 4.69) is 9.47 Å². The quantitative estimate of drug-likeness (QED) is 0.421. The maximum absolute atomic E-state index is 12.1. The van der Waals surface area contributed by atoms with Gasteiger partial charge in [0.05, 0.1) is 39.6 Å². The monoisotopic (exact) mass is 362 g/mol. The molecule has 0 bridgehead atoms. The van der Waals surface area contributed by atoms with Gasteiger partial charge in [0.1, 0.15) is 0 Å². The summed E-state index contributed by atoms with van der Waals surface area (Å²) in [6.45, 7) is 0. The van der Waals surface area contributed by atoms with Crippen LogP contribution in [0.3, 0.4) is 0 Å². The van der Waals surface area contributed by atoms with Gasteiger partial charge in [0.2, 0.25) is 0 Å². The van der Waals surface area contributed by atoms with E-state index < -0.39 is 23.9 Å². The number of benzene rings is 1. The normalized spacial score (nSPS) is 11.4. The summed E-state index contributed by atoms with van der Waals surface area (Å²) < 4.78 is 18.5. The first kappa shape index (κ1) is 20.6. The van der Waals surface area contributed by atoms with Gasteiger partial charge in [-0.05, 0) is 11.1 Å². The predicted octanol–water partition coefficient (Wildman–Crippen LogP) is 1.15. The minimum atomic E-state index is -0.829. The smallest absolute Gasteiger partial charge is 0.338 e. The van der Waals surface area contributed by atoms with Gasteiger partial charge in [-0.1, -0.05) is 24.3 Å². The van der Waals surface area contributed by atoms with Crippen molar-refractivity contribution in [1.29, 1.82) is 0 Å². The molecule has 0 fully saturated rings. The molecule has 0 unspecified atom stereocenters. The van der Waals surface area contributed by atoms with E-state index in [9.17, 15) is 19.2 Å². The highest BCUT2D eigenvalue weighted by molar-refractivity contribution is 6.26. The molecule has 0 aliphatic carbocycles. The molecule has 1 rings (SSSR count). The number of rotatable bonds is 6. The number of ether oxygens (including phenoxy) is 4. The second-order valence-corrected chi connectivity index (χ2v) is 4.69. The molecule has 0 heterocycles. The van der Waals surface area contributed by atoms with E-state index in [0.717, 1.165) is 40.6 Å². The largest absolute Gasteiger partial charge is 0.466 e. The first-order chi connectivity index (χ1) is 12.4. The van der Waals surface area contributed by atoms with Crippen molar-refractivity contribution >= 4 is 35.0 Å². The summed E-state index contributed by atoms with van der Waals surface area (Å²) in [6, 6.07) is 6.13. The Morgan fingerprint density at radius 3 is 1.27 bits per heavy atom. The van der Waals surface area contributed by atoms with Crippen LogP contribution in [0, 0.1) is 0 Å². The first-order valence-electron chi connectivity index (χ1n) is 7.25. The van der Waals surface area contributed by atoms with Crippen molar-refractivity contribution in [2.45, 2.75) is 0 Å². The molecule has 0 aromatic heterocycles. The molecule has 0 N–H and O–H groups in total. The van der Waals surface area contributed by atoms with Crippen LogP contribution in [0.2, 0.25) is 0 Å². The van der Waals surface area contributed by atoms with Crippen LogP contribution in [0.15, 0.2) is 36.4 Å². The highest BCUT2D eigenvalue weighted by Crippen LogP contribution is 2.27. The maximum Gasteiger partial charge on any atom is 0.338 e. The molecule has 26 heavy (non-hydrogen) atoms. The van der Waals surface area contributed by atoms with E-state index in [1.807, 2.05) is 0 Å². The molecule has 0 amide bonds. The van der Waals surface area contributed by atoms with E-state index in [1.165, 1.54) is 12.1 Å². The zero-order valence-electron chi connectivity index (χ0n) is 14.7. The van der Waals surface area contributed by atoms with Crippen molar-refractivity contribution in [3.8, 4) is 0 Å². The number of hydrogen-bond donors (Lipinski definition) is 0. The van der Waals surface area contributed by atoms with Crippen LogP contribution >= 0.6 is 0 Å². The molecule has 1 aromatic rings. The third-order valence-corrected chi connectivity index (χ3v) is 3.24. The molecule has 0 aliphatic heterocycles. The Balaban J connectivity index is 3.69. The minimum Gasteiger partial charge on any atom is -0.466 e. The van der Waals surface area contributed by atoms with Crippen LogP contribution in [0.4, 0.5) is 0 Å². The minimum absolute atomic E-state index is 0.158. The lowest BCUT2D eigenvalue weighted by atomic mass is 9.93. The Morgan fingerprint density at radius 2 is 1.00 bits per heavy atom. The molecular weight excluding hydrogens is 344 g/mol. The van der Waals surface area contributed by atoms with Gasteiger partial charge in [-0.15, -0.1) is 0 Å². The SMILES string of the molecule is COC(=O)/C=C(\C(=O)OC)c1ccccc1/C(=C/C(=O)OC)C(=O)OC. The molecule has 138 valence electrons. The summed E-state index contributed by atoms with van der Waals surface area (Å²) in [5, 5.41) is 0. The second-order valence-electron chi connectivity index (χ2n) is 4.69. The van der Waals surface area contributed by atoms with Crippen LogP contribution in [0.1, 0.15) is 11.1 Å². The van der Waals surface area contributed by atoms with Gasteiger partial charge in [-0.2, -0.15) is 0 Å². The topological polar surface area (TPSA) is 105 Å². The standard InChI is InChI=1S/C18H18O8/c1-23-15(19)9-13(17(21)25-3)11-7-5-6-8-12(11)14(18(22)26-4)10-16(20)24-2/h5-10H,1-4H3/b13-9-,14-10-. The third-order valence-electron chi connectivity index (χ3n) is 3.24. The van der Waals surface area contributed by atoms with Crippen LogP contribution in [-0.4, -0.2) is 52.3 Å². The lowest BCUT2D eigenvalue weighted by molar-refractivity contribution is -0.136. The van der Waals surface area contributed by atoms with E-state index in [1.54, 1.807) is 12.1 Å². The maximum atomic E-state index is 12.1. The summed E-state index contributed by atoms with van der Waals surface area (Å²) in [5.74, 6) is -3.25.